The molecule has 62 heavy (non-hydrogen) atoms. The highest BCUT2D eigenvalue weighted by Crippen LogP contribution is 2.59. The Balaban J connectivity index is 6.96. The van der Waals surface area contributed by atoms with E-state index in [9.17, 15) is 4.79 Å². The molecule has 0 N–H and O–H groups in total. The fourth-order valence-corrected chi connectivity index (χ4v) is 11.9. The first kappa shape index (κ1) is 61.5. The third kappa shape index (κ3) is 29.2. The number of unbranched alkanes of at least 4 members (excludes halogenated alkanes) is 30. The fraction of sp³-hybridized carbons (Fsp3) is 0.983. The predicted molar refractivity (Wildman–Crippen MR) is 281 cm³/mol. The maximum Gasteiger partial charge on any atom is 0.312 e. The van der Waals surface area contributed by atoms with Crippen LogP contribution in [-0.4, -0.2) is 12.6 Å². The molecule has 0 aromatic heterocycles. The molecule has 0 saturated heterocycles. The third-order valence-corrected chi connectivity index (χ3v) is 16.0. The average molecular weight is 874 g/mol. The van der Waals surface area contributed by atoms with Crippen LogP contribution in [0.2, 0.25) is 0 Å². The average Bonchev–Trinajstić information content (AvgIpc) is 3.27. The van der Waals surface area contributed by atoms with Gasteiger partial charge in [0.25, 0.3) is 0 Å². The van der Waals surface area contributed by atoms with E-state index in [2.05, 4.69) is 48.5 Å². The fourth-order valence-electron chi connectivity index (χ4n) is 11.9. The van der Waals surface area contributed by atoms with Gasteiger partial charge >= 0.3 is 5.97 Å². The second-order valence-electron chi connectivity index (χ2n) is 21.3. The van der Waals surface area contributed by atoms with Crippen LogP contribution < -0.4 is 0 Å². The number of rotatable bonds is 51. The SMILES string of the molecule is CCCCCCCC(CCCCCCC)(CCCCCC(CCCCCCC)(CCCCCCC)C(CCCCCCC)(CCCCCCC)CCCCCCC)C(=O)OCC. The topological polar surface area (TPSA) is 26.3 Å². The zero-order chi connectivity index (χ0) is 45.7. The minimum absolute atomic E-state index is 0.146. The number of carbonyl (C=O) groups excluding carboxylic acids is 1. The summed E-state index contributed by atoms with van der Waals surface area (Å²) < 4.78 is 6.01. The first-order chi connectivity index (χ1) is 30.4. The lowest BCUT2D eigenvalue weighted by Gasteiger charge is -2.53. The highest BCUT2D eigenvalue weighted by molar-refractivity contribution is 5.76. The smallest absolute Gasteiger partial charge is 0.312 e. The molecule has 0 spiro atoms. The van der Waals surface area contributed by atoms with Crippen LogP contribution in [0.1, 0.15) is 357 Å². The zero-order valence-electron chi connectivity index (χ0n) is 44.8. The molecular formula is C60H120O2. The van der Waals surface area contributed by atoms with Gasteiger partial charge in [-0.1, -0.05) is 292 Å². The Bertz CT molecular complexity index is 842. The summed E-state index contributed by atoms with van der Waals surface area (Å²) in [6.07, 6.45) is 63.9. The second-order valence-corrected chi connectivity index (χ2v) is 21.3. The molecule has 0 aliphatic rings. The molecular weight excluding hydrogens is 753 g/mol. The molecule has 2 heteroatoms. The molecule has 2 nitrogen and oxygen atoms in total. The molecule has 0 aromatic rings. The monoisotopic (exact) mass is 873 g/mol. The molecule has 372 valence electrons. The lowest BCUT2D eigenvalue weighted by Crippen LogP contribution is -2.43. The summed E-state index contributed by atoms with van der Waals surface area (Å²) in [6, 6.07) is 0. The van der Waals surface area contributed by atoms with E-state index in [4.69, 9.17) is 4.74 Å². The minimum Gasteiger partial charge on any atom is -0.466 e. The van der Waals surface area contributed by atoms with Crippen molar-refractivity contribution in [3.05, 3.63) is 0 Å². The summed E-state index contributed by atoms with van der Waals surface area (Å²) in [5.41, 5.74) is 0.671. The molecule has 0 bridgehead atoms. The molecule has 0 aromatic carbocycles. The van der Waals surface area contributed by atoms with Crippen molar-refractivity contribution in [2.75, 3.05) is 6.61 Å². The molecule has 0 aliphatic heterocycles. The third-order valence-electron chi connectivity index (χ3n) is 16.0. The van der Waals surface area contributed by atoms with Crippen molar-refractivity contribution >= 4 is 5.97 Å². The van der Waals surface area contributed by atoms with Gasteiger partial charge in [-0.2, -0.15) is 0 Å². The Labute approximate surface area is 394 Å². The van der Waals surface area contributed by atoms with Gasteiger partial charge in [0.2, 0.25) is 0 Å². The normalized spacial score (nSPS) is 12.5. The van der Waals surface area contributed by atoms with Crippen LogP contribution in [-0.2, 0) is 9.53 Å². The molecule has 0 aliphatic carbocycles. The maximum atomic E-state index is 14.1. The number of ether oxygens (including phenoxy) is 1. The van der Waals surface area contributed by atoms with E-state index in [1.54, 1.807) is 0 Å². The summed E-state index contributed by atoms with van der Waals surface area (Å²) in [5.74, 6) is 0.146. The maximum absolute atomic E-state index is 14.1. The Hall–Kier alpha value is -0.530. The van der Waals surface area contributed by atoms with Crippen molar-refractivity contribution in [2.45, 2.75) is 357 Å². The van der Waals surface area contributed by atoms with Crippen molar-refractivity contribution in [3.8, 4) is 0 Å². The van der Waals surface area contributed by atoms with Gasteiger partial charge in [0.05, 0.1) is 12.0 Å². The summed E-state index contributed by atoms with van der Waals surface area (Å²) in [4.78, 5) is 14.1. The van der Waals surface area contributed by atoms with Gasteiger partial charge in [0, 0.05) is 0 Å². The van der Waals surface area contributed by atoms with Gasteiger partial charge in [-0.3, -0.25) is 4.79 Å². The highest BCUT2D eigenvalue weighted by atomic mass is 16.5. The zero-order valence-corrected chi connectivity index (χ0v) is 44.8. The van der Waals surface area contributed by atoms with Gasteiger partial charge in [-0.25, -0.2) is 0 Å². The number of esters is 1. The van der Waals surface area contributed by atoms with Crippen LogP contribution in [0, 0.1) is 16.2 Å². The van der Waals surface area contributed by atoms with E-state index >= 15 is 0 Å². The summed E-state index contributed by atoms with van der Waals surface area (Å²) in [7, 11) is 0. The lowest BCUT2D eigenvalue weighted by molar-refractivity contribution is -0.157. The van der Waals surface area contributed by atoms with Crippen LogP contribution in [0.3, 0.4) is 0 Å². The van der Waals surface area contributed by atoms with Gasteiger partial charge in [0.15, 0.2) is 0 Å². The van der Waals surface area contributed by atoms with Crippen LogP contribution >= 0.6 is 0 Å². The first-order valence-electron chi connectivity index (χ1n) is 29.5. The van der Waals surface area contributed by atoms with Crippen molar-refractivity contribution in [2.24, 2.45) is 16.2 Å². The molecule has 0 atom stereocenters. The first-order valence-corrected chi connectivity index (χ1v) is 29.5. The Morgan fingerprint density at radius 1 is 0.258 bits per heavy atom. The molecule has 0 rings (SSSR count). The minimum atomic E-state index is -0.274. The van der Waals surface area contributed by atoms with Gasteiger partial charge < -0.3 is 4.74 Å². The second kappa shape index (κ2) is 44.3. The predicted octanol–water partition coefficient (Wildman–Crippen LogP) is 22.0. The Morgan fingerprint density at radius 2 is 0.435 bits per heavy atom. The summed E-state index contributed by atoms with van der Waals surface area (Å²) >= 11 is 0. The standard InChI is InChI=1S/C60H120O2/c1-9-17-24-31-39-48-58(57(61)62-16-8,49-40-32-25-18-10-2)50-41-38-47-56-60(54-45-36-29-22-14-6,55-46-37-30-23-15-7)59(51-42-33-26-19-11-3,52-43-34-27-20-12-4)53-44-35-28-21-13-5/h9-56H2,1-8H3. The summed E-state index contributed by atoms with van der Waals surface area (Å²) in [6.45, 7) is 19.1. The molecule has 0 radical (unpaired) electrons. The van der Waals surface area contributed by atoms with Gasteiger partial charge in [-0.15, -0.1) is 0 Å². The van der Waals surface area contributed by atoms with Crippen LogP contribution in [0.15, 0.2) is 0 Å². The van der Waals surface area contributed by atoms with Crippen LogP contribution in [0.4, 0.5) is 0 Å². The molecule has 0 amide bonds. The Morgan fingerprint density at radius 3 is 0.629 bits per heavy atom. The van der Waals surface area contributed by atoms with Gasteiger partial charge in [0.1, 0.15) is 0 Å². The van der Waals surface area contributed by atoms with Crippen molar-refractivity contribution < 1.29 is 9.53 Å². The lowest BCUT2D eigenvalue weighted by atomic mass is 9.51. The van der Waals surface area contributed by atoms with E-state index in [1.165, 1.54) is 283 Å². The Kier molecular flexibility index (Phi) is 43.9. The van der Waals surface area contributed by atoms with E-state index in [1.807, 2.05) is 6.92 Å². The molecule has 0 heterocycles. The van der Waals surface area contributed by atoms with E-state index in [0.717, 1.165) is 19.3 Å². The van der Waals surface area contributed by atoms with Crippen LogP contribution in [0.5, 0.6) is 0 Å². The van der Waals surface area contributed by atoms with E-state index < -0.39 is 0 Å². The van der Waals surface area contributed by atoms with Crippen LogP contribution in [0.25, 0.3) is 0 Å². The summed E-state index contributed by atoms with van der Waals surface area (Å²) in [5, 5.41) is 0. The number of hydrogen-bond acceptors (Lipinski definition) is 2. The van der Waals surface area contributed by atoms with Crippen molar-refractivity contribution in [1.82, 2.24) is 0 Å². The largest absolute Gasteiger partial charge is 0.466 e. The van der Waals surface area contributed by atoms with E-state index in [-0.39, 0.29) is 11.4 Å². The highest BCUT2D eigenvalue weighted by Gasteiger charge is 2.48. The molecule has 0 unspecified atom stereocenters. The van der Waals surface area contributed by atoms with Crippen molar-refractivity contribution in [1.29, 1.82) is 0 Å². The van der Waals surface area contributed by atoms with Gasteiger partial charge in [-0.05, 0) is 75.5 Å². The van der Waals surface area contributed by atoms with E-state index in [0.29, 0.717) is 17.4 Å². The quantitative estimate of drug-likeness (QED) is 0.0450. The molecule has 0 saturated carbocycles. The number of hydrogen-bond donors (Lipinski definition) is 0. The number of carbonyl (C=O) groups is 1. The van der Waals surface area contributed by atoms with Crippen molar-refractivity contribution in [3.63, 3.8) is 0 Å². The molecule has 0 fully saturated rings.